The number of esters is 1. The van der Waals surface area contributed by atoms with Crippen LogP contribution < -0.4 is 19.9 Å². The summed E-state index contributed by atoms with van der Waals surface area (Å²) in [5, 5.41) is 1.20. The monoisotopic (exact) mass is 414 g/mol. The minimum Gasteiger partial charge on any atom is -0.493 e. The number of methoxy groups -OCH3 is 1. The molecule has 7 nitrogen and oxygen atoms in total. The number of amides is 2. The number of hydrogen-bond donors (Lipinski definition) is 1. The maximum atomic E-state index is 12.7. The lowest BCUT2D eigenvalue weighted by atomic mass is 10.1. The molecule has 1 N–H and O–H groups in total. The molecule has 7 heteroatoms. The van der Waals surface area contributed by atoms with Crippen LogP contribution in [0.25, 0.3) is 6.08 Å². The van der Waals surface area contributed by atoms with Crippen molar-refractivity contribution in [2.24, 2.45) is 0 Å². The van der Waals surface area contributed by atoms with Gasteiger partial charge in [0.2, 0.25) is 0 Å². The van der Waals surface area contributed by atoms with Gasteiger partial charge >= 0.3 is 5.97 Å². The van der Waals surface area contributed by atoms with Gasteiger partial charge in [0.1, 0.15) is 5.57 Å². The Kier molecular flexibility index (Phi) is 5.49. The van der Waals surface area contributed by atoms with E-state index in [0.29, 0.717) is 22.6 Å². The van der Waals surface area contributed by atoms with Crippen LogP contribution in [0.1, 0.15) is 15.9 Å². The number of carbonyl (C=O) groups is 3. The number of anilines is 1. The number of hydrogen-bond acceptors (Lipinski definition) is 5. The summed E-state index contributed by atoms with van der Waals surface area (Å²) in [6, 6.07) is 22.2. The van der Waals surface area contributed by atoms with Gasteiger partial charge in [0.25, 0.3) is 11.8 Å². The fourth-order valence-electron chi connectivity index (χ4n) is 3.07. The highest BCUT2D eigenvalue weighted by Gasteiger charge is 2.34. The molecule has 0 atom stereocenters. The zero-order chi connectivity index (χ0) is 21.8. The summed E-state index contributed by atoms with van der Waals surface area (Å²) in [5.41, 5.74) is 4.05. The molecule has 0 aromatic heterocycles. The smallest absolute Gasteiger partial charge is 0.343 e. The largest absolute Gasteiger partial charge is 0.493 e. The van der Waals surface area contributed by atoms with Crippen molar-refractivity contribution in [2.75, 3.05) is 12.1 Å². The first-order chi connectivity index (χ1) is 15.1. The molecule has 1 saturated heterocycles. The normalized spacial score (nSPS) is 14.5. The van der Waals surface area contributed by atoms with Crippen molar-refractivity contribution in [3.63, 3.8) is 0 Å². The van der Waals surface area contributed by atoms with Crippen LogP contribution in [0.5, 0.6) is 11.5 Å². The lowest BCUT2D eigenvalue weighted by Crippen LogP contribution is -2.35. The molecule has 154 valence electrons. The molecule has 2 amide bonds. The van der Waals surface area contributed by atoms with E-state index in [-0.39, 0.29) is 11.3 Å². The first-order valence-corrected chi connectivity index (χ1v) is 9.44. The van der Waals surface area contributed by atoms with Crippen LogP contribution in [-0.2, 0) is 9.59 Å². The number of para-hydroxylation sites is 1. The van der Waals surface area contributed by atoms with Crippen LogP contribution in [0.3, 0.4) is 0 Å². The van der Waals surface area contributed by atoms with Crippen LogP contribution in [-0.4, -0.2) is 24.9 Å². The molecule has 0 unspecified atom stereocenters. The second-order valence-corrected chi connectivity index (χ2v) is 6.64. The van der Waals surface area contributed by atoms with Gasteiger partial charge in [0.15, 0.2) is 11.5 Å². The van der Waals surface area contributed by atoms with E-state index in [2.05, 4.69) is 5.43 Å². The highest BCUT2D eigenvalue weighted by molar-refractivity contribution is 6.31. The van der Waals surface area contributed by atoms with Gasteiger partial charge in [-0.3, -0.25) is 15.0 Å². The molecular weight excluding hydrogens is 396 g/mol. The van der Waals surface area contributed by atoms with E-state index in [4.69, 9.17) is 9.47 Å². The quantitative estimate of drug-likeness (QED) is 0.299. The Balaban J connectivity index is 1.58. The van der Waals surface area contributed by atoms with Crippen LogP contribution in [0, 0.1) is 0 Å². The molecule has 0 radical (unpaired) electrons. The van der Waals surface area contributed by atoms with E-state index in [1.165, 1.54) is 18.2 Å². The molecule has 1 fully saturated rings. The van der Waals surface area contributed by atoms with Crippen LogP contribution in [0.4, 0.5) is 5.69 Å². The highest BCUT2D eigenvalue weighted by Crippen LogP contribution is 2.30. The Bertz CT molecular complexity index is 1170. The molecule has 3 aromatic carbocycles. The van der Waals surface area contributed by atoms with E-state index >= 15 is 0 Å². The molecule has 0 spiro atoms. The third kappa shape index (κ3) is 4.16. The lowest BCUT2D eigenvalue weighted by Gasteiger charge is -2.13. The molecule has 0 aliphatic carbocycles. The van der Waals surface area contributed by atoms with E-state index < -0.39 is 17.8 Å². The minimum atomic E-state index is -0.520. The van der Waals surface area contributed by atoms with Gasteiger partial charge in [-0.1, -0.05) is 42.5 Å². The van der Waals surface area contributed by atoms with E-state index in [1.54, 1.807) is 72.8 Å². The SMILES string of the molecule is COc1cc(/C=C2\C(=O)NN(c3ccccc3)C2=O)ccc1OC(=O)c1ccccc1. The Morgan fingerprint density at radius 1 is 0.903 bits per heavy atom. The molecule has 1 aliphatic rings. The predicted octanol–water partition coefficient (Wildman–Crippen LogP) is 3.38. The first kappa shape index (κ1) is 19.9. The third-order valence-corrected chi connectivity index (χ3v) is 4.62. The zero-order valence-corrected chi connectivity index (χ0v) is 16.6. The molecule has 0 saturated carbocycles. The molecule has 1 heterocycles. The van der Waals surface area contributed by atoms with Crippen molar-refractivity contribution >= 4 is 29.5 Å². The van der Waals surface area contributed by atoms with Crippen molar-refractivity contribution in [2.45, 2.75) is 0 Å². The number of rotatable bonds is 5. The summed E-state index contributed by atoms with van der Waals surface area (Å²) in [7, 11) is 1.44. The molecule has 0 bridgehead atoms. The van der Waals surface area contributed by atoms with Crippen LogP contribution in [0.2, 0.25) is 0 Å². The second kappa shape index (κ2) is 8.54. The molecule has 31 heavy (non-hydrogen) atoms. The van der Waals surface area contributed by atoms with Crippen LogP contribution in [0.15, 0.2) is 84.4 Å². The van der Waals surface area contributed by atoms with Gasteiger partial charge in [0, 0.05) is 0 Å². The molecule has 1 aliphatic heterocycles. The molecule has 4 rings (SSSR count). The Labute approximate surface area is 178 Å². The maximum Gasteiger partial charge on any atom is 0.343 e. The number of nitrogens with zero attached hydrogens (tertiary/aromatic N) is 1. The van der Waals surface area contributed by atoms with Crippen molar-refractivity contribution < 1.29 is 23.9 Å². The summed E-state index contributed by atoms with van der Waals surface area (Å²) in [6.07, 6.45) is 1.46. The lowest BCUT2D eigenvalue weighted by molar-refractivity contribution is -0.117. The molecule has 3 aromatic rings. The fourth-order valence-corrected chi connectivity index (χ4v) is 3.07. The average Bonchev–Trinajstić information content (AvgIpc) is 3.09. The number of ether oxygens (including phenoxy) is 2. The van der Waals surface area contributed by atoms with E-state index in [1.807, 2.05) is 6.07 Å². The van der Waals surface area contributed by atoms with Gasteiger partial charge in [-0.2, -0.15) is 0 Å². The number of benzene rings is 3. The Morgan fingerprint density at radius 2 is 1.58 bits per heavy atom. The third-order valence-electron chi connectivity index (χ3n) is 4.62. The predicted molar refractivity (Wildman–Crippen MR) is 114 cm³/mol. The van der Waals surface area contributed by atoms with Gasteiger partial charge in [0.05, 0.1) is 18.4 Å². The number of hydrazine groups is 1. The van der Waals surface area contributed by atoms with Crippen molar-refractivity contribution in [3.8, 4) is 11.5 Å². The van der Waals surface area contributed by atoms with Crippen molar-refractivity contribution in [3.05, 3.63) is 95.6 Å². The summed E-state index contributed by atoms with van der Waals surface area (Å²) < 4.78 is 10.8. The van der Waals surface area contributed by atoms with E-state index in [0.717, 1.165) is 0 Å². The average molecular weight is 414 g/mol. The standard InChI is InChI=1S/C24H18N2O5/c1-30-21-15-16(12-13-20(21)31-24(29)17-8-4-2-5-9-17)14-19-22(27)25-26(23(19)28)18-10-6-3-7-11-18/h2-15H,1H3,(H,25,27)/b19-14+. The fraction of sp³-hybridized carbons (Fsp3) is 0.0417. The van der Waals surface area contributed by atoms with Gasteiger partial charge in [-0.15, -0.1) is 0 Å². The van der Waals surface area contributed by atoms with Gasteiger partial charge in [-0.25, -0.2) is 9.80 Å². The number of carbonyl (C=O) groups excluding carboxylic acids is 3. The topological polar surface area (TPSA) is 84.9 Å². The summed E-state index contributed by atoms with van der Waals surface area (Å²) in [5.74, 6) is -0.966. The Hall–Kier alpha value is -4.39. The van der Waals surface area contributed by atoms with Crippen molar-refractivity contribution in [1.29, 1.82) is 0 Å². The zero-order valence-electron chi connectivity index (χ0n) is 16.6. The highest BCUT2D eigenvalue weighted by atomic mass is 16.6. The Morgan fingerprint density at radius 3 is 2.26 bits per heavy atom. The first-order valence-electron chi connectivity index (χ1n) is 9.44. The summed E-state index contributed by atoms with van der Waals surface area (Å²) >= 11 is 0. The van der Waals surface area contributed by atoms with E-state index in [9.17, 15) is 14.4 Å². The van der Waals surface area contributed by atoms with Gasteiger partial charge in [-0.05, 0) is 48.0 Å². The minimum absolute atomic E-state index is 0.0139. The van der Waals surface area contributed by atoms with Crippen molar-refractivity contribution in [1.82, 2.24) is 5.43 Å². The van der Waals surface area contributed by atoms with Crippen LogP contribution >= 0.6 is 0 Å². The van der Waals surface area contributed by atoms with Gasteiger partial charge < -0.3 is 9.47 Å². The maximum absolute atomic E-state index is 12.7. The number of nitrogens with one attached hydrogen (secondary N) is 1. The molecular formula is C24H18N2O5. The summed E-state index contributed by atoms with van der Waals surface area (Å²) in [4.78, 5) is 37.4. The second-order valence-electron chi connectivity index (χ2n) is 6.64. The summed E-state index contributed by atoms with van der Waals surface area (Å²) in [6.45, 7) is 0.